The third-order valence-corrected chi connectivity index (χ3v) is 4.05. The minimum atomic E-state index is 0.823. The molecule has 0 atom stereocenters. The predicted octanol–water partition coefficient (Wildman–Crippen LogP) is 4.33. The summed E-state index contributed by atoms with van der Waals surface area (Å²) in [6.07, 6.45) is 3.05. The predicted molar refractivity (Wildman–Crippen MR) is 93.8 cm³/mol. The van der Waals surface area contributed by atoms with Crippen LogP contribution in [-0.4, -0.2) is 4.57 Å². The molecule has 22 heavy (non-hydrogen) atoms. The highest BCUT2D eigenvalue weighted by Crippen LogP contribution is 2.22. The summed E-state index contributed by atoms with van der Waals surface area (Å²) in [5.74, 6) is 0. The topological polar surface area (TPSA) is 17.0 Å². The molecule has 1 aromatic heterocycles. The Morgan fingerprint density at radius 3 is 2.59 bits per heavy atom. The van der Waals surface area contributed by atoms with Gasteiger partial charge in [-0.2, -0.15) is 0 Å². The summed E-state index contributed by atoms with van der Waals surface area (Å²) < 4.78 is 2.18. The summed E-state index contributed by atoms with van der Waals surface area (Å²) in [6, 6.07) is 17.1. The van der Waals surface area contributed by atoms with Gasteiger partial charge in [-0.1, -0.05) is 54.6 Å². The average Bonchev–Trinajstić information content (AvgIpc) is 2.83. The van der Waals surface area contributed by atoms with E-state index in [0.29, 0.717) is 0 Å². The average molecular weight is 290 g/mol. The molecule has 0 unspecified atom stereocenters. The van der Waals surface area contributed by atoms with Crippen LogP contribution in [0, 0.1) is 6.92 Å². The zero-order chi connectivity index (χ0) is 15.5. The van der Waals surface area contributed by atoms with Crippen molar-refractivity contribution in [2.24, 2.45) is 7.05 Å². The van der Waals surface area contributed by atoms with Crippen molar-refractivity contribution in [3.05, 3.63) is 83.7 Å². The highest BCUT2D eigenvalue weighted by atomic mass is 14.9. The van der Waals surface area contributed by atoms with Gasteiger partial charge in [0.1, 0.15) is 0 Å². The first kappa shape index (κ1) is 14.5. The van der Waals surface area contributed by atoms with Crippen molar-refractivity contribution in [1.29, 1.82) is 0 Å². The number of aryl methyl sites for hydroxylation is 2. The Hall–Kier alpha value is -2.48. The molecule has 0 saturated carbocycles. The number of allylic oxidation sites excluding steroid dienone is 1. The minimum absolute atomic E-state index is 0.823. The van der Waals surface area contributed by atoms with Crippen LogP contribution in [0.1, 0.15) is 16.7 Å². The van der Waals surface area contributed by atoms with E-state index in [1.165, 1.54) is 27.6 Å². The second kappa shape index (κ2) is 6.10. The molecule has 2 aromatic carbocycles. The molecule has 0 spiro atoms. The lowest BCUT2D eigenvalue weighted by molar-refractivity contribution is 0.786. The van der Waals surface area contributed by atoms with Crippen molar-refractivity contribution < 1.29 is 0 Å². The molecule has 0 radical (unpaired) electrons. The summed E-state index contributed by atoms with van der Waals surface area (Å²) in [4.78, 5) is 0. The normalized spacial score (nSPS) is 10.8. The van der Waals surface area contributed by atoms with Crippen molar-refractivity contribution in [2.45, 2.75) is 19.9 Å². The Morgan fingerprint density at radius 1 is 1.09 bits per heavy atom. The number of aromatic nitrogens is 1. The molecule has 0 aliphatic heterocycles. The Labute approximate surface area is 132 Å². The van der Waals surface area contributed by atoms with E-state index in [-0.39, 0.29) is 0 Å². The van der Waals surface area contributed by atoms with Crippen LogP contribution < -0.4 is 5.32 Å². The van der Waals surface area contributed by atoms with Crippen LogP contribution in [0.3, 0.4) is 0 Å². The Morgan fingerprint density at radius 2 is 1.82 bits per heavy atom. The fraction of sp³-hybridized carbons (Fsp3) is 0.200. The molecule has 2 nitrogen and oxygen atoms in total. The van der Waals surface area contributed by atoms with E-state index in [2.05, 4.69) is 85.2 Å². The molecule has 2 heteroatoms. The number of benzene rings is 2. The SMILES string of the molecule is C=C(Cc1cn(C)c2ccccc12)NCc1ccc(C)cc1. The number of nitrogens with zero attached hydrogens (tertiary/aromatic N) is 1. The molecule has 112 valence electrons. The number of para-hydroxylation sites is 1. The second-order valence-electron chi connectivity index (χ2n) is 5.90. The van der Waals surface area contributed by atoms with E-state index in [0.717, 1.165) is 18.7 Å². The third-order valence-electron chi connectivity index (χ3n) is 4.05. The number of rotatable bonds is 5. The number of nitrogens with one attached hydrogen (secondary N) is 1. The van der Waals surface area contributed by atoms with Gasteiger partial charge in [-0.25, -0.2) is 0 Å². The summed E-state index contributed by atoms with van der Waals surface area (Å²) in [5, 5.41) is 4.75. The van der Waals surface area contributed by atoms with Gasteiger partial charge in [0.05, 0.1) is 0 Å². The maximum Gasteiger partial charge on any atom is 0.0480 e. The Kier molecular flexibility index (Phi) is 4.01. The molecule has 1 heterocycles. The van der Waals surface area contributed by atoms with Crippen LogP contribution in [0.4, 0.5) is 0 Å². The van der Waals surface area contributed by atoms with Gasteiger partial charge in [-0.15, -0.1) is 0 Å². The van der Waals surface area contributed by atoms with Crippen LogP contribution in [0.5, 0.6) is 0 Å². The molecule has 0 bridgehead atoms. The lowest BCUT2D eigenvalue weighted by Gasteiger charge is -2.09. The molecule has 0 aliphatic carbocycles. The fourth-order valence-electron chi connectivity index (χ4n) is 2.79. The summed E-state index contributed by atoms with van der Waals surface area (Å²) in [6.45, 7) is 7.11. The number of fused-ring (bicyclic) bond motifs is 1. The van der Waals surface area contributed by atoms with Gasteiger partial charge in [0.25, 0.3) is 0 Å². The zero-order valence-electron chi connectivity index (χ0n) is 13.3. The lowest BCUT2D eigenvalue weighted by atomic mass is 10.1. The maximum absolute atomic E-state index is 4.18. The highest BCUT2D eigenvalue weighted by Gasteiger charge is 2.07. The van der Waals surface area contributed by atoms with E-state index in [1.54, 1.807) is 0 Å². The minimum Gasteiger partial charge on any atom is -0.384 e. The Bertz CT molecular complexity index is 794. The molecular weight excluding hydrogens is 268 g/mol. The van der Waals surface area contributed by atoms with E-state index in [1.807, 2.05) is 0 Å². The summed E-state index contributed by atoms with van der Waals surface area (Å²) in [5.41, 5.74) is 6.21. The smallest absolute Gasteiger partial charge is 0.0480 e. The van der Waals surface area contributed by atoms with E-state index in [4.69, 9.17) is 0 Å². The van der Waals surface area contributed by atoms with Gasteiger partial charge in [-0.05, 0) is 24.1 Å². The molecule has 0 amide bonds. The van der Waals surface area contributed by atoms with Crippen molar-refractivity contribution >= 4 is 10.9 Å². The van der Waals surface area contributed by atoms with Gasteiger partial charge in [0.2, 0.25) is 0 Å². The molecule has 0 fully saturated rings. The maximum atomic E-state index is 4.18. The van der Waals surface area contributed by atoms with Crippen LogP contribution in [0.25, 0.3) is 10.9 Å². The van der Waals surface area contributed by atoms with Crippen LogP contribution in [0.15, 0.2) is 67.0 Å². The van der Waals surface area contributed by atoms with Crippen molar-refractivity contribution in [1.82, 2.24) is 9.88 Å². The van der Waals surface area contributed by atoms with Crippen LogP contribution in [-0.2, 0) is 20.0 Å². The van der Waals surface area contributed by atoms with Crippen molar-refractivity contribution in [2.75, 3.05) is 0 Å². The van der Waals surface area contributed by atoms with Gasteiger partial charge in [-0.3, -0.25) is 0 Å². The number of hydrogen-bond acceptors (Lipinski definition) is 1. The van der Waals surface area contributed by atoms with E-state index < -0.39 is 0 Å². The Balaban J connectivity index is 1.67. The van der Waals surface area contributed by atoms with Crippen molar-refractivity contribution in [3.63, 3.8) is 0 Å². The molecular formula is C20H22N2. The van der Waals surface area contributed by atoms with E-state index >= 15 is 0 Å². The molecule has 0 aliphatic rings. The zero-order valence-corrected chi connectivity index (χ0v) is 13.3. The summed E-state index contributed by atoms with van der Waals surface area (Å²) in [7, 11) is 2.09. The van der Waals surface area contributed by atoms with Gasteiger partial charge in [0, 0.05) is 42.8 Å². The first-order valence-electron chi connectivity index (χ1n) is 7.63. The van der Waals surface area contributed by atoms with E-state index in [9.17, 15) is 0 Å². The molecule has 0 saturated heterocycles. The third kappa shape index (κ3) is 3.06. The van der Waals surface area contributed by atoms with Crippen LogP contribution in [0.2, 0.25) is 0 Å². The first-order chi connectivity index (χ1) is 10.6. The molecule has 1 N–H and O–H groups in total. The second-order valence-corrected chi connectivity index (χ2v) is 5.90. The summed E-state index contributed by atoms with van der Waals surface area (Å²) >= 11 is 0. The molecule has 3 aromatic rings. The first-order valence-corrected chi connectivity index (χ1v) is 7.63. The monoisotopic (exact) mass is 290 g/mol. The van der Waals surface area contributed by atoms with Crippen LogP contribution >= 0.6 is 0 Å². The largest absolute Gasteiger partial charge is 0.384 e. The van der Waals surface area contributed by atoms with Gasteiger partial charge < -0.3 is 9.88 Å². The van der Waals surface area contributed by atoms with Gasteiger partial charge in [0.15, 0.2) is 0 Å². The quantitative estimate of drug-likeness (QED) is 0.740. The van der Waals surface area contributed by atoms with Gasteiger partial charge >= 0.3 is 0 Å². The van der Waals surface area contributed by atoms with Crippen molar-refractivity contribution in [3.8, 4) is 0 Å². The fourth-order valence-corrected chi connectivity index (χ4v) is 2.79. The number of hydrogen-bond donors (Lipinski definition) is 1. The standard InChI is InChI=1S/C20H22N2/c1-15-8-10-17(11-9-15)13-21-16(2)12-18-14-22(3)20-7-5-4-6-19(18)20/h4-11,14,21H,2,12-13H2,1,3H3. The molecule has 3 rings (SSSR count). The lowest BCUT2D eigenvalue weighted by Crippen LogP contribution is -2.13. The highest BCUT2D eigenvalue weighted by molar-refractivity contribution is 5.84.